The normalized spacial score (nSPS) is 20.0. The second kappa shape index (κ2) is 9.77. The van der Waals surface area contributed by atoms with Gasteiger partial charge in [-0.3, -0.25) is 4.99 Å². The summed E-state index contributed by atoms with van der Waals surface area (Å²) in [7, 11) is -0.760. The lowest BCUT2D eigenvalue weighted by atomic mass is 10.2. The summed E-state index contributed by atoms with van der Waals surface area (Å²) in [6.07, 6.45) is 1.62. The van der Waals surface area contributed by atoms with E-state index in [9.17, 15) is 8.42 Å². The maximum atomic E-state index is 11.6. The quantitative estimate of drug-likeness (QED) is 0.412. The van der Waals surface area contributed by atoms with Crippen molar-refractivity contribution in [3.8, 4) is 0 Å². The molecule has 0 amide bonds. The molecule has 1 fully saturated rings. The maximum Gasteiger partial charge on any atom is 0.191 e. The Labute approximate surface area is 151 Å². The van der Waals surface area contributed by atoms with Crippen molar-refractivity contribution in [2.45, 2.75) is 32.4 Å². The van der Waals surface area contributed by atoms with E-state index in [-0.39, 0.29) is 17.5 Å². The Balaban J connectivity index is 1.73. The van der Waals surface area contributed by atoms with Crippen LogP contribution in [0.15, 0.2) is 35.3 Å². The van der Waals surface area contributed by atoms with Crippen LogP contribution in [-0.2, 0) is 16.4 Å². The number of hydrogen-bond donors (Lipinski definition) is 2. The predicted octanol–water partition coefficient (Wildman–Crippen LogP) is 1.25. The summed E-state index contributed by atoms with van der Waals surface area (Å²) in [5, 5.41) is 6.44. The topological polar surface area (TPSA) is 73.8 Å². The number of nitrogens with one attached hydrogen (secondary N) is 2. The van der Waals surface area contributed by atoms with Crippen LogP contribution in [0.3, 0.4) is 0 Å². The molecule has 2 N–H and O–H groups in total. The minimum Gasteiger partial charge on any atom is -0.357 e. The third kappa shape index (κ3) is 7.44. The van der Waals surface area contributed by atoms with E-state index in [0.29, 0.717) is 13.0 Å². The average Bonchev–Trinajstić information content (AvgIpc) is 2.91. The lowest BCUT2D eigenvalue weighted by Crippen LogP contribution is -2.44. The standard InChI is InChI=1S/C18H30N4O2S/c1-3-19-18(21-17-10-13-25(23,24)15-17)20-11-7-12-22(2)14-16-8-5-4-6-9-16/h4-6,8-9,17H,3,7,10-15H2,1-2H3,(H2,19,20,21). The van der Waals surface area contributed by atoms with Gasteiger partial charge in [-0.2, -0.15) is 0 Å². The first-order valence-electron chi connectivity index (χ1n) is 8.96. The van der Waals surface area contributed by atoms with Crippen molar-refractivity contribution in [1.82, 2.24) is 15.5 Å². The molecule has 1 atom stereocenters. The van der Waals surface area contributed by atoms with E-state index in [1.165, 1.54) is 5.56 Å². The van der Waals surface area contributed by atoms with Gasteiger partial charge in [0, 0.05) is 25.7 Å². The Morgan fingerprint density at radius 2 is 2.08 bits per heavy atom. The number of hydrogen-bond acceptors (Lipinski definition) is 4. The third-order valence-electron chi connectivity index (χ3n) is 4.18. The molecule has 0 bridgehead atoms. The van der Waals surface area contributed by atoms with Gasteiger partial charge in [0.2, 0.25) is 0 Å². The van der Waals surface area contributed by atoms with E-state index in [0.717, 1.165) is 32.0 Å². The molecular formula is C18H30N4O2S. The first kappa shape index (κ1) is 19.7. The smallest absolute Gasteiger partial charge is 0.191 e. The SMILES string of the molecule is CCNC(=NCCCN(C)Cc1ccccc1)NC1CCS(=O)(=O)C1. The van der Waals surface area contributed by atoms with E-state index in [4.69, 9.17) is 0 Å². The van der Waals surface area contributed by atoms with Gasteiger partial charge in [-0.15, -0.1) is 0 Å². The van der Waals surface area contributed by atoms with Crippen molar-refractivity contribution in [1.29, 1.82) is 0 Å². The molecule has 140 valence electrons. The highest BCUT2D eigenvalue weighted by molar-refractivity contribution is 7.91. The van der Waals surface area contributed by atoms with Crippen molar-refractivity contribution in [3.63, 3.8) is 0 Å². The number of guanidine groups is 1. The van der Waals surface area contributed by atoms with Gasteiger partial charge in [0.05, 0.1) is 11.5 Å². The Morgan fingerprint density at radius 1 is 1.32 bits per heavy atom. The number of sulfone groups is 1. The molecule has 1 aromatic carbocycles. The highest BCUT2D eigenvalue weighted by Crippen LogP contribution is 2.11. The van der Waals surface area contributed by atoms with Crippen LogP contribution in [0, 0.1) is 0 Å². The third-order valence-corrected chi connectivity index (χ3v) is 5.95. The van der Waals surface area contributed by atoms with Crippen LogP contribution in [0.5, 0.6) is 0 Å². The average molecular weight is 367 g/mol. The minimum absolute atomic E-state index is 0.0245. The first-order chi connectivity index (χ1) is 12.0. The van der Waals surface area contributed by atoms with Crippen LogP contribution in [0.4, 0.5) is 0 Å². The maximum absolute atomic E-state index is 11.6. The van der Waals surface area contributed by atoms with Crippen LogP contribution < -0.4 is 10.6 Å². The van der Waals surface area contributed by atoms with Gasteiger partial charge in [-0.1, -0.05) is 30.3 Å². The van der Waals surface area contributed by atoms with Crippen LogP contribution in [0.1, 0.15) is 25.3 Å². The van der Waals surface area contributed by atoms with Gasteiger partial charge in [-0.05, 0) is 38.9 Å². The summed E-state index contributed by atoms with van der Waals surface area (Å²) in [4.78, 5) is 6.86. The largest absolute Gasteiger partial charge is 0.357 e. The fraction of sp³-hybridized carbons (Fsp3) is 0.611. The number of benzene rings is 1. The monoisotopic (exact) mass is 366 g/mol. The number of nitrogens with zero attached hydrogens (tertiary/aromatic N) is 2. The molecule has 0 aromatic heterocycles. The van der Waals surface area contributed by atoms with E-state index in [2.05, 4.69) is 51.8 Å². The van der Waals surface area contributed by atoms with Crippen LogP contribution in [0.25, 0.3) is 0 Å². The molecule has 0 radical (unpaired) electrons. The second-order valence-corrected chi connectivity index (χ2v) is 8.81. The van der Waals surface area contributed by atoms with Crippen LogP contribution >= 0.6 is 0 Å². The van der Waals surface area contributed by atoms with Crippen molar-refractivity contribution >= 4 is 15.8 Å². The Kier molecular flexibility index (Phi) is 7.71. The second-order valence-electron chi connectivity index (χ2n) is 6.58. The number of rotatable bonds is 8. The van der Waals surface area contributed by atoms with Gasteiger partial charge in [0.25, 0.3) is 0 Å². The molecule has 1 aliphatic rings. The summed E-state index contributed by atoms with van der Waals surface area (Å²) in [5.74, 6) is 1.20. The Hall–Kier alpha value is -1.60. The molecule has 0 saturated carbocycles. The van der Waals surface area contributed by atoms with E-state index < -0.39 is 9.84 Å². The molecule has 1 heterocycles. The van der Waals surface area contributed by atoms with E-state index >= 15 is 0 Å². The minimum atomic E-state index is -2.87. The summed E-state index contributed by atoms with van der Waals surface area (Å²) < 4.78 is 23.1. The molecule has 2 rings (SSSR count). The highest BCUT2D eigenvalue weighted by Gasteiger charge is 2.28. The van der Waals surface area contributed by atoms with Crippen molar-refractivity contribution in [2.24, 2.45) is 4.99 Å². The highest BCUT2D eigenvalue weighted by atomic mass is 32.2. The first-order valence-corrected chi connectivity index (χ1v) is 10.8. The predicted molar refractivity (Wildman–Crippen MR) is 104 cm³/mol. The summed E-state index contributed by atoms with van der Waals surface area (Å²) in [6.45, 7) is 5.39. The van der Waals surface area contributed by atoms with Crippen molar-refractivity contribution in [2.75, 3.05) is 38.2 Å². The zero-order chi connectivity index (χ0) is 18.1. The summed E-state index contributed by atoms with van der Waals surface area (Å²) in [5.41, 5.74) is 1.31. The Bertz CT molecular complexity index is 646. The molecule has 1 aliphatic heterocycles. The molecular weight excluding hydrogens is 336 g/mol. The molecule has 6 nitrogen and oxygen atoms in total. The molecule has 7 heteroatoms. The zero-order valence-electron chi connectivity index (χ0n) is 15.2. The summed E-state index contributed by atoms with van der Waals surface area (Å²) >= 11 is 0. The molecule has 1 saturated heterocycles. The van der Waals surface area contributed by atoms with Crippen molar-refractivity contribution < 1.29 is 8.42 Å². The fourth-order valence-corrected chi connectivity index (χ4v) is 4.60. The number of aliphatic imine (C=N–C) groups is 1. The molecule has 0 spiro atoms. The molecule has 1 aromatic rings. The fourth-order valence-electron chi connectivity index (χ4n) is 2.93. The van der Waals surface area contributed by atoms with E-state index in [1.54, 1.807) is 0 Å². The van der Waals surface area contributed by atoms with Crippen LogP contribution in [-0.4, -0.2) is 63.5 Å². The van der Waals surface area contributed by atoms with Gasteiger partial charge < -0.3 is 15.5 Å². The van der Waals surface area contributed by atoms with E-state index in [1.807, 2.05) is 13.0 Å². The lowest BCUT2D eigenvalue weighted by molar-refractivity contribution is 0.324. The van der Waals surface area contributed by atoms with Gasteiger partial charge >= 0.3 is 0 Å². The van der Waals surface area contributed by atoms with Gasteiger partial charge in [0.15, 0.2) is 15.8 Å². The van der Waals surface area contributed by atoms with Crippen molar-refractivity contribution in [3.05, 3.63) is 35.9 Å². The molecule has 1 unspecified atom stereocenters. The van der Waals surface area contributed by atoms with Gasteiger partial charge in [0.1, 0.15) is 0 Å². The zero-order valence-corrected chi connectivity index (χ0v) is 16.1. The molecule has 25 heavy (non-hydrogen) atoms. The summed E-state index contributed by atoms with van der Waals surface area (Å²) in [6, 6.07) is 10.4. The Morgan fingerprint density at radius 3 is 2.72 bits per heavy atom. The van der Waals surface area contributed by atoms with Crippen LogP contribution in [0.2, 0.25) is 0 Å². The lowest BCUT2D eigenvalue weighted by Gasteiger charge is -2.17. The van der Waals surface area contributed by atoms with Gasteiger partial charge in [-0.25, -0.2) is 8.42 Å². The molecule has 0 aliphatic carbocycles.